The summed E-state index contributed by atoms with van der Waals surface area (Å²) in [6.45, 7) is 4.64. The second-order valence-electron chi connectivity index (χ2n) is 6.30. The van der Waals surface area contributed by atoms with Gasteiger partial charge in [-0.15, -0.1) is 0 Å². The summed E-state index contributed by atoms with van der Waals surface area (Å²) in [5.74, 6) is 0.0886. The SMILES string of the molecule is CC(c1ccc(Sc2ccccc2)cc1)C(C)(O)CN(C)C. The molecule has 0 aliphatic carbocycles. The molecule has 1 N–H and O–H groups in total. The van der Waals surface area contributed by atoms with Crippen molar-refractivity contribution in [1.82, 2.24) is 4.90 Å². The van der Waals surface area contributed by atoms with Crippen LogP contribution < -0.4 is 0 Å². The third kappa shape index (κ3) is 4.60. The van der Waals surface area contributed by atoms with Gasteiger partial charge in [-0.3, -0.25) is 0 Å². The Balaban J connectivity index is 2.08. The van der Waals surface area contributed by atoms with Crippen LogP contribution in [0.5, 0.6) is 0 Å². The first-order valence-electron chi connectivity index (χ1n) is 7.58. The summed E-state index contributed by atoms with van der Waals surface area (Å²) in [6.07, 6.45) is 0. The standard InChI is InChI=1S/C19H25NOS/c1-15(19(2,21)14-20(3)4)16-10-12-18(13-11-16)22-17-8-6-5-7-9-17/h5-13,15,21H,14H2,1-4H3. The van der Waals surface area contributed by atoms with Crippen LogP contribution in [0.2, 0.25) is 0 Å². The average Bonchev–Trinajstić information content (AvgIpc) is 2.47. The molecule has 2 nitrogen and oxygen atoms in total. The summed E-state index contributed by atoms with van der Waals surface area (Å²) >= 11 is 1.76. The van der Waals surface area contributed by atoms with E-state index in [4.69, 9.17) is 0 Å². The molecular formula is C19H25NOS. The lowest BCUT2D eigenvalue weighted by molar-refractivity contribution is 0.0123. The molecule has 0 saturated heterocycles. The lowest BCUT2D eigenvalue weighted by Gasteiger charge is -2.33. The van der Waals surface area contributed by atoms with Gasteiger partial charge < -0.3 is 10.0 Å². The monoisotopic (exact) mass is 315 g/mol. The largest absolute Gasteiger partial charge is 0.388 e. The second kappa shape index (κ2) is 7.32. The molecule has 2 unspecified atom stereocenters. The Morgan fingerprint density at radius 2 is 1.55 bits per heavy atom. The van der Waals surface area contributed by atoms with Gasteiger partial charge in [-0.2, -0.15) is 0 Å². The van der Waals surface area contributed by atoms with E-state index in [0.29, 0.717) is 6.54 Å². The van der Waals surface area contributed by atoms with Gasteiger partial charge in [-0.1, -0.05) is 49.0 Å². The van der Waals surface area contributed by atoms with E-state index in [9.17, 15) is 5.11 Å². The van der Waals surface area contributed by atoms with Crippen LogP contribution in [0.15, 0.2) is 64.4 Å². The Bertz CT molecular complexity index is 578. The van der Waals surface area contributed by atoms with Crippen molar-refractivity contribution in [1.29, 1.82) is 0 Å². The van der Waals surface area contributed by atoms with Gasteiger partial charge in [0.15, 0.2) is 0 Å². The molecule has 2 atom stereocenters. The van der Waals surface area contributed by atoms with E-state index in [2.05, 4.69) is 55.5 Å². The summed E-state index contributed by atoms with van der Waals surface area (Å²) in [5.41, 5.74) is 0.432. The van der Waals surface area contributed by atoms with E-state index in [1.54, 1.807) is 11.8 Å². The molecule has 2 aromatic rings. The van der Waals surface area contributed by atoms with Crippen molar-refractivity contribution in [3.8, 4) is 0 Å². The fourth-order valence-electron chi connectivity index (χ4n) is 2.59. The second-order valence-corrected chi connectivity index (χ2v) is 7.45. The molecule has 0 bridgehead atoms. The number of benzene rings is 2. The molecule has 22 heavy (non-hydrogen) atoms. The van der Waals surface area contributed by atoms with Crippen molar-refractivity contribution in [2.45, 2.75) is 35.2 Å². The highest BCUT2D eigenvalue weighted by atomic mass is 32.2. The molecule has 0 radical (unpaired) electrons. The number of rotatable bonds is 6. The maximum absolute atomic E-state index is 10.7. The highest BCUT2D eigenvalue weighted by molar-refractivity contribution is 7.99. The number of aliphatic hydroxyl groups is 1. The summed E-state index contributed by atoms with van der Waals surface area (Å²) in [4.78, 5) is 4.48. The Hall–Kier alpha value is -1.29. The topological polar surface area (TPSA) is 23.5 Å². The molecule has 0 heterocycles. The van der Waals surface area contributed by atoms with Gasteiger partial charge in [0.05, 0.1) is 5.60 Å². The van der Waals surface area contributed by atoms with Crippen molar-refractivity contribution < 1.29 is 5.11 Å². The number of hydrogen-bond acceptors (Lipinski definition) is 3. The highest BCUT2D eigenvalue weighted by Crippen LogP contribution is 2.32. The fraction of sp³-hybridized carbons (Fsp3) is 0.368. The van der Waals surface area contributed by atoms with Gasteiger partial charge in [0.1, 0.15) is 0 Å². The Labute approximate surface area is 138 Å². The van der Waals surface area contributed by atoms with E-state index < -0.39 is 5.60 Å². The molecule has 0 spiro atoms. The lowest BCUT2D eigenvalue weighted by Crippen LogP contribution is -2.41. The van der Waals surface area contributed by atoms with Crippen LogP contribution in [0.3, 0.4) is 0 Å². The van der Waals surface area contributed by atoms with E-state index in [-0.39, 0.29) is 5.92 Å². The quantitative estimate of drug-likeness (QED) is 0.862. The molecule has 2 rings (SSSR count). The molecule has 0 fully saturated rings. The Kier molecular flexibility index (Phi) is 5.68. The van der Waals surface area contributed by atoms with E-state index in [1.165, 1.54) is 15.4 Å². The summed E-state index contributed by atoms with van der Waals surface area (Å²) in [5, 5.41) is 10.7. The molecule has 0 aromatic heterocycles. The molecule has 2 aromatic carbocycles. The summed E-state index contributed by atoms with van der Waals surface area (Å²) in [6, 6.07) is 18.9. The van der Waals surface area contributed by atoms with E-state index in [1.807, 2.05) is 32.0 Å². The number of likely N-dealkylation sites (N-methyl/N-ethyl adjacent to an activating group) is 1. The van der Waals surface area contributed by atoms with E-state index in [0.717, 1.165) is 0 Å². The third-order valence-electron chi connectivity index (χ3n) is 3.93. The van der Waals surface area contributed by atoms with Gasteiger partial charge in [-0.25, -0.2) is 0 Å². The van der Waals surface area contributed by atoms with Crippen LogP contribution >= 0.6 is 11.8 Å². The van der Waals surface area contributed by atoms with Gasteiger partial charge >= 0.3 is 0 Å². The molecule has 0 amide bonds. The van der Waals surface area contributed by atoms with Crippen LogP contribution in [0.4, 0.5) is 0 Å². The molecule has 0 saturated carbocycles. The number of hydrogen-bond donors (Lipinski definition) is 1. The maximum Gasteiger partial charge on any atom is 0.0811 e. The van der Waals surface area contributed by atoms with Crippen molar-refractivity contribution in [2.75, 3.05) is 20.6 Å². The number of nitrogens with zero attached hydrogens (tertiary/aromatic N) is 1. The first-order valence-corrected chi connectivity index (χ1v) is 8.40. The minimum atomic E-state index is -0.739. The average molecular weight is 315 g/mol. The molecule has 0 aliphatic heterocycles. The fourth-order valence-corrected chi connectivity index (χ4v) is 3.42. The summed E-state index contributed by atoms with van der Waals surface area (Å²) < 4.78 is 0. The van der Waals surface area contributed by atoms with Crippen LogP contribution in [0.1, 0.15) is 25.3 Å². The zero-order chi connectivity index (χ0) is 16.2. The normalized spacial score (nSPS) is 15.5. The zero-order valence-corrected chi connectivity index (χ0v) is 14.6. The highest BCUT2D eigenvalue weighted by Gasteiger charge is 2.30. The summed E-state index contributed by atoms with van der Waals surface area (Å²) in [7, 11) is 3.97. The Morgan fingerprint density at radius 1 is 1.00 bits per heavy atom. The van der Waals surface area contributed by atoms with Crippen LogP contribution in [-0.4, -0.2) is 36.2 Å². The van der Waals surface area contributed by atoms with Crippen LogP contribution in [-0.2, 0) is 0 Å². The predicted molar refractivity (Wildman–Crippen MR) is 94.6 cm³/mol. The first-order chi connectivity index (χ1) is 10.4. The van der Waals surface area contributed by atoms with Crippen molar-refractivity contribution in [3.63, 3.8) is 0 Å². The predicted octanol–water partition coefficient (Wildman–Crippen LogP) is 4.25. The minimum Gasteiger partial charge on any atom is -0.388 e. The Morgan fingerprint density at radius 3 is 2.09 bits per heavy atom. The molecule has 118 valence electrons. The lowest BCUT2D eigenvalue weighted by atomic mass is 9.84. The van der Waals surface area contributed by atoms with E-state index >= 15 is 0 Å². The van der Waals surface area contributed by atoms with Gasteiger partial charge in [-0.05, 0) is 50.8 Å². The van der Waals surface area contributed by atoms with Gasteiger partial charge in [0, 0.05) is 22.3 Å². The first kappa shape index (κ1) is 17.1. The third-order valence-corrected chi connectivity index (χ3v) is 4.94. The van der Waals surface area contributed by atoms with Crippen molar-refractivity contribution in [3.05, 3.63) is 60.2 Å². The van der Waals surface area contributed by atoms with Crippen molar-refractivity contribution >= 4 is 11.8 Å². The molecule has 3 heteroatoms. The van der Waals surface area contributed by atoms with Gasteiger partial charge in [0.25, 0.3) is 0 Å². The smallest absolute Gasteiger partial charge is 0.0811 e. The minimum absolute atomic E-state index is 0.0886. The van der Waals surface area contributed by atoms with Crippen molar-refractivity contribution in [2.24, 2.45) is 0 Å². The maximum atomic E-state index is 10.7. The zero-order valence-electron chi connectivity index (χ0n) is 13.8. The van der Waals surface area contributed by atoms with Crippen LogP contribution in [0.25, 0.3) is 0 Å². The van der Waals surface area contributed by atoms with Gasteiger partial charge in [0.2, 0.25) is 0 Å². The van der Waals surface area contributed by atoms with Crippen LogP contribution in [0, 0.1) is 0 Å². The molecule has 0 aliphatic rings. The molecular weight excluding hydrogens is 290 g/mol.